The normalized spacial score (nSPS) is 23.6. The number of rotatable bonds is 1. The molecule has 2 heterocycles. The summed E-state index contributed by atoms with van der Waals surface area (Å²) in [5.41, 5.74) is 1.03. The molecule has 0 spiro atoms. The monoisotopic (exact) mass is 263 g/mol. The number of thiophene rings is 1. The van der Waals surface area contributed by atoms with Crippen LogP contribution in [0.1, 0.15) is 16.5 Å². The van der Waals surface area contributed by atoms with Gasteiger partial charge in [-0.2, -0.15) is 0 Å². The smallest absolute Gasteiger partial charge is 0.125 e. The number of fused-ring (bicyclic) bond motifs is 1. The van der Waals surface area contributed by atoms with E-state index in [-0.39, 0.29) is 0 Å². The standard InChI is InChI=1S/C13H13NOS2/c15-13-8-12(11-6-3-7-16-11)17-10-5-2-1-4-9(10)14-13/h1-7,12-15H,8H2/t12-,13-/m1/s1. The first-order valence-electron chi connectivity index (χ1n) is 5.56. The third-order valence-electron chi connectivity index (χ3n) is 2.78. The van der Waals surface area contributed by atoms with E-state index in [1.807, 2.05) is 30.0 Å². The molecule has 0 saturated carbocycles. The van der Waals surface area contributed by atoms with Gasteiger partial charge in [-0.3, -0.25) is 0 Å². The molecule has 1 aliphatic rings. The second-order valence-electron chi connectivity index (χ2n) is 4.01. The molecule has 88 valence electrons. The zero-order valence-electron chi connectivity index (χ0n) is 9.17. The van der Waals surface area contributed by atoms with Gasteiger partial charge in [0.15, 0.2) is 0 Å². The summed E-state index contributed by atoms with van der Waals surface area (Å²) in [6.07, 6.45) is 0.262. The number of aliphatic hydroxyl groups is 1. The minimum Gasteiger partial charge on any atom is -0.374 e. The average molecular weight is 263 g/mol. The van der Waals surface area contributed by atoms with Crippen molar-refractivity contribution >= 4 is 28.8 Å². The van der Waals surface area contributed by atoms with Crippen LogP contribution in [0.5, 0.6) is 0 Å². The van der Waals surface area contributed by atoms with Crippen molar-refractivity contribution in [3.63, 3.8) is 0 Å². The Hall–Kier alpha value is -0.970. The first-order chi connectivity index (χ1) is 8.33. The molecular weight excluding hydrogens is 250 g/mol. The van der Waals surface area contributed by atoms with E-state index < -0.39 is 6.23 Å². The summed E-state index contributed by atoms with van der Waals surface area (Å²) in [5, 5.41) is 15.6. The van der Waals surface area contributed by atoms with E-state index >= 15 is 0 Å². The number of para-hydroxylation sites is 1. The largest absolute Gasteiger partial charge is 0.374 e. The van der Waals surface area contributed by atoms with Gasteiger partial charge in [0.2, 0.25) is 0 Å². The minimum absolute atomic E-state index is 0.334. The fourth-order valence-electron chi connectivity index (χ4n) is 1.98. The summed E-state index contributed by atoms with van der Waals surface area (Å²) >= 11 is 3.58. The van der Waals surface area contributed by atoms with Crippen LogP contribution in [0.2, 0.25) is 0 Å². The van der Waals surface area contributed by atoms with Crippen LogP contribution in [0, 0.1) is 0 Å². The van der Waals surface area contributed by atoms with E-state index in [9.17, 15) is 5.11 Å². The van der Waals surface area contributed by atoms with Crippen LogP contribution < -0.4 is 5.32 Å². The van der Waals surface area contributed by atoms with Crippen LogP contribution in [-0.2, 0) is 0 Å². The molecule has 1 aliphatic heterocycles. The Kier molecular flexibility index (Phi) is 3.09. The summed E-state index contributed by atoms with van der Waals surface area (Å²) in [7, 11) is 0. The van der Waals surface area contributed by atoms with E-state index in [0.717, 1.165) is 12.1 Å². The molecule has 17 heavy (non-hydrogen) atoms. The SMILES string of the molecule is O[C@@H]1C[C@H](c2cccs2)Sc2ccccc2N1. The lowest BCUT2D eigenvalue weighted by molar-refractivity contribution is 0.193. The highest BCUT2D eigenvalue weighted by atomic mass is 32.2. The second-order valence-corrected chi connectivity index (χ2v) is 6.24. The molecule has 3 rings (SSSR count). The van der Waals surface area contributed by atoms with E-state index in [1.54, 1.807) is 11.3 Å². The number of nitrogens with one attached hydrogen (secondary N) is 1. The second kappa shape index (κ2) is 4.72. The van der Waals surface area contributed by atoms with Crippen molar-refractivity contribution in [3.05, 3.63) is 46.7 Å². The summed E-state index contributed by atoms with van der Waals surface area (Å²) < 4.78 is 0. The van der Waals surface area contributed by atoms with Gasteiger partial charge in [-0.15, -0.1) is 23.1 Å². The molecule has 0 aliphatic carbocycles. The van der Waals surface area contributed by atoms with Gasteiger partial charge in [0.25, 0.3) is 0 Å². The van der Waals surface area contributed by atoms with Gasteiger partial charge in [-0.25, -0.2) is 0 Å². The molecule has 1 aromatic heterocycles. The lowest BCUT2D eigenvalue weighted by atomic mass is 10.2. The van der Waals surface area contributed by atoms with Crippen molar-refractivity contribution < 1.29 is 5.11 Å². The van der Waals surface area contributed by atoms with E-state index in [2.05, 4.69) is 28.9 Å². The maximum absolute atomic E-state index is 9.99. The third kappa shape index (κ3) is 2.34. The molecule has 0 radical (unpaired) electrons. The van der Waals surface area contributed by atoms with Crippen LogP contribution in [0.4, 0.5) is 5.69 Å². The number of thioether (sulfide) groups is 1. The van der Waals surface area contributed by atoms with Gasteiger partial charge < -0.3 is 10.4 Å². The molecule has 0 unspecified atom stereocenters. The van der Waals surface area contributed by atoms with Gasteiger partial charge in [-0.05, 0) is 23.6 Å². The number of anilines is 1. The van der Waals surface area contributed by atoms with Crippen LogP contribution in [0.15, 0.2) is 46.7 Å². The molecular formula is C13H13NOS2. The van der Waals surface area contributed by atoms with Crippen molar-refractivity contribution in [2.75, 3.05) is 5.32 Å². The molecule has 1 aromatic carbocycles. The Balaban J connectivity index is 1.95. The number of hydrogen-bond donors (Lipinski definition) is 2. The molecule has 2 N–H and O–H groups in total. The van der Waals surface area contributed by atoms with Crippen molar-refractivity contribution in [1.29, 1.82) is 0 Å². The third-order valence-corrected chi connectivity index (χ3v) is 5.25. The number of benzene rings is 1. The van der Waals surface area contributed by atoms with Gasteiger partial charge in [0.1, 0.15) is 6.23 Å². The Labute approximate surface area is 109 Å². The Morgan fingerprint density at radius 3 is 2.88 bits per heavy atom. The van der Waals surface area contributed by atoms with Crippen molar-refractivity contribution in [2.45, 2.75) is 22.8 Å². The minimum atomic E-state index is -0.474. The highest BCUT2D eigenvalue weighted by Gasteiger charge is 2.23. The molecule has 2 aromatic rings. The average Bonchev–Trinajstić information content (AvgIpc) is 2.79. The van der Waals surface area contributed by atoms with Gasteiger partial charge in [0, 0.05) is 27.1 Å². The highest BCUT2D eigenvalue weighted by Crippen LogP contribution is 2.45. The molecule has 0 saturated heterocycles. The fraction of sp³-hybridized carbons (Fsp3) is 0.231. The first kappa shape index (κ1) is 11.1. The van der Waals surface area contributed by atoms with E-state index in [4.69, 9.17) is 0 Å². The summed E-state index contributed by atoms with van der Waals surface area (Å²) in [6, 6.07) is 12.4. The topological polar surface area (TPSA) is 32.3 Å². The van der Waals surface area contributed by atoms with Crippen molar-refractivity contribution in [1.82, 2.24) is 0 Å². The lowest BCUT2D eigenvalue weighted by Gasteiger charge is -2.14. The zero-order chi connectivity index (χ0) is 11.7. The molecule has 0 fully saturated rings. The van der Waals surface area contributed by atoms with E-state index in [0.29, 0.717) is 5.25 Å². The highest BCUT2D eigenvalue weighted by molar-refractivity contribution is 7.99. The van der Waals surface area contributed by atoms with Crippen LogP contribution in [-0.4, -0.2) is 11.3 Å². The quantitative estimate of drug-likeness (QED) is 0.822. The summed E-state index contributed by atoms with van der Waals surface area (Å²) in [6.45, 7) is 0. The molecule has 2 atom stereocenters. The van der Waals surface area contributed by atoms with E-state index in [1.165, 1.54) is 9.77 Å². The zero-order valence-corrected chi connectivity index (χ0v) is 10.8. The van der Waals surface area contributed by atoms with Crippen LogP contribution in [0.3, 0.4) is 0 Å². The van der Waals surface area contributed by atoms with Crippen LogP contribution in [0.25, 0.3) is 0 Å². The van der Waals surface area contributed by atoms with Crippen molar-refractivity contribution in [3.8, 4) is 0 Å². The Morgan fingerprint density at radius 2 is 2.06 bits per heavy atom. The van der Waals surface area contributed by atoms with Crippen LogP contribution >= 0.6 is 23.1 Å². The fourth-order valence-corrected chi connectivity index (χ4v) is 4.20. The maximum atomic E-state index is 9.99. The van der Waals surface area contributed by atoms with Crippen molar-refractivity contribution in [2.24, 2.45) is 0 Å². The molecule has 0 bridgehead atoms. The number of aliphatic hydroxyl groups excluding tert-OH is 1. The summed E-state index contributed by atoms with van der Waals surface area (Å²) in [4.78, 5) is 2.54. The predicted octanol–water partition coefficient (Wildman–Crippen LogP) is 3.72. The van der Waals surface area contributed by atoms with Gasteiger partial charge in [-0.1, -0.05) is 18.2 Å². The summed E-state index contributed by atoms with van der Waals surface area (Å²) in [5.74, 6) is 0. The predicted molar refractivity (Wildman–Crippen MR) is 73.6 cm³/mol. The lowest BCUT2D eigenvalue weighted by Crippen LogP contribution is -2.18. The molecule has 2 nitrogen and oxygen atoms in total. The van der Waals surface area contributed by atoms with Gasteiger partial charge in [0.05, 0.1) is 0 Å². The Bertz CT molecular complexity index is 498. The Morgan fingerprint density at radius 1 is 1.18 bits per heavy atom. The molecule has 0 amide bonds. The maximum Gasteiger partial charge on any atom is 0.125 e. The first-order valence-corrected chi connectivity index (χ1v) is 7.32. The van der Waals surface area contributed by atoms with Gasteiger partial charge >= 0.3 is 0 Å². The number of hydrogen-bond acceptors (Lipinski definition) is 4. The molecule has 4 heteroatoms.